The fraction of sp³-hybridized carbons (Fsp3) is 0.200. The maximum absolute atomic E-state index is 9.60. The second-order valence-electron chi connectivity index (χ2n) is 6.12. The lowest BCUT2D eigenvalue weighted by Gasteiger charge is -2.08. The molecule has 0 bridgehead atoms. The van der Waals surface area contributed by atoms with Gasteiger partial charge in [-0.1, -0.05) is 25.1 Å². The molecule has 0 saturated carbocycles. The van der Waals surface area contributed by atoms with Crippen LogP contribution in [0.15, 0.2) is 46.9 Å². The molecular formula is C20H19N3O3. The predicted molar refractivity (Wildman–Crippen MR) is 101 cm³/mol. The lowest BCUT2D eigenvalue weighted by atomic mass is 10.1. The molecule has 0 amide bonds. The molecule has 6 heteroatoms. The molecule has 0 aliphatic carbocycles. The highest BCUT2D eigenvalue weighted by atomic mass is 16.3. The van der Waals surface area contributed by atoms with Crippen molar-refractivity contribution in [2.75, 3.05) is 11.9 Å². The Kier molecular flexibility index (Phi) is 4.08. The number of nitrogens with one attached hydrogen (secondary N) is 1. The van der Waals surface area contributed by atoms with E-state index >= 15 is 0 Å². The zero-order valence-electron chi connectivity index (χ0n) is 14.4. The van der Waals surface area contributed by atoms with E-state index in [9.17, 15) is 10.2 Å². The van der Waals surface area contributed by atoms with Crippen LogP contribution in [0.2, 0.25) is 0 Å². The van der Waals surface area contributed by atoms with Gasteiger partial charge in [-0.05, 0) is 36.2 Å². The van der Waals surface area contributed by atoms with Crippen molar-refractivity contribution < 1.29 is 14.6 Å². The Balaban J connectivity index is 1.63. The van der Waals surface area contributed by atoms with Crippen molar-refractivity contribution in [1.29, 1.82) is 0 Å². The molecule has 2 heterocycles. The van der Waals surface area contributed by atoms with Crippen molar-refractivity contribution >= 4 is 27.9 Å². The molecule has 6 nitrogen and oxygen atoms in total. The monoisotopic (exact) mass is 349 g/mol. The third-order valence-electron chi connectivity index (χ3n) is 4.33. The number of aromatic nitrogens is 2. The SMILES string of the molecule is CCc1nc(NCCc2ccc(O)c(O)c2)c2oc3ccccc3c2n1. The fourth-order valence-electron chi connectivity index (χ4n) is 2.96. The van der Waals surface area contributed by atoms with Gasteiger partial charge < -0.3 is 19.9 Å². The van der Waals surface area contributed by atoms with Crippen LogP contribution in [0.1, 0.15) is 18.3 Å². The van der Waals surface area contributed by atoms with E-state index in [1.165, 1.54) is 6.07 Å². The summed E-state index contributed by atoms with van der Waals surface area (Å²) in [7, 11) is 0. The van der Waals surface area contributed by atoms with Gasteiger partial charge in [0, 0.05) is 18.4 Å². The number of benzene rings is 2. The van der Waals surface area contributed by atoms with Gasteiger partial charge in [-0.2, -0.15) is 0 Å². The summed E-state index contributed by atoms with van der Waals surface area (Å²) in [6.45, 7) is 2.63. The molecule has 0 spiro atoms. The molecule has 2 aromatic heterocycles. The quantitative estimate of drug-likeness (QED) is 0.472. The van der Waals surface area contributed by atoms with Gasteiger partial charge in [0.05, 0.1) is 0 Å². The minimum absolute atomic E-state index is 0.113. The predicted octanol–water partition coefficient (Wildman–Crippen LogP) is 4.00. The number of fused-ring (bicyclic) bond motifs is 3. The molecule has 0 unspecified atom stereocenters. The zero-order chi connectivity index (χ0) is 18.1. The van der Waals surface area contributed by atoms with E-state index in [-0.39, 0.29) is 11.5 Å². The molecule has 0 aliphatic heterocycles. The standard InChI is InChI=1S/C20H19N3O3/c1-2-17-22-18-13-5-3-4-6-16(13)26-19(18)20(23-17)21-10-9-12-7-8-14(24)15(25)11-12/h3-8,11,24-25H,2,9-10H2,1H3,(H,21,22,23). The number of phenols is 2. The maximum Gasteiger partial charge on any atom is 0.196 e. The summed E-state index contributed by atoms with van der Waals surface area (Å²) in [6, 6.07) is 12.7. The van der Waals surface area contributed by atoms with Crippen LogP contribution in [-0.4, -0.2) is 26.7 Å². The third kappa shape index (κ3) is 2.90. The van der Waals surface area contributed by atoms with Crippen molar-refractivity contribution in [2.45, 2.75) is 19.8 Å². The molecule has 26 heavy (non-hydrogen) atoms. The Hall–Kier alpha value is -3.28. The van der Waals surface area contributed by atoms with Gasteiger partial charge in [0.25, 0.3) is 0 Å². The lowest BCUT2D eigenvalue weighted by Crippen LogP contribution is -2.08. The van der Waals surface area contributed by atoms with Crippen LogP contribution in [-0.2, 0) is 12.8 Å². The van der Waals surface area contributed by atoms with Crippen molar-refractivity contribution in [3.05, 3.63) is 53.9 Å². The molecule has 2 aromatic carbocycles. The summed E-state index contributed by atoms with van der Waals surface area (Å²) in [5, 5.41) is 23.3. The van der Waals surface area contributed by atoms with Crippen LogP contribution in [0.3, 0.4) is 0 Å². The van der Waals surface area contributed by atoms with Gasteiger partial charge in [-0.3, -0.25) is 0 Å². The number of anilines is 1. The zero-order valence-corrected chi connectivity index (χ0v) is 14.4. The van der Waals surface area contributed by atoms with Crippen molar-refractivity contribution in [3.8, 4) is 11.5 Å². The highest BCUT2D eigenvalue weighted by Gasteiger charge is 2.15. The Morgan fingerprint density at radius 1 is 1.04 bits per heavy atom. The largest absolute Gasteiger partial charge is 0.504 e. The minimum Gasteiger partial charge on any atom is -0.504 e. The van der Waals surface area contributed by atoms with Crippen LogP contribution in [0, 0.1) is 0 Å². The molecule has 0 aliphatic rings. The molecule has 3 N–H and O–H groups in total. The number of furan rings is 1. The van der Waals surface area contributed by atoms with Gasteiger partial charge in [0.1, 0.15) is 16.9 Å². The van der Waals surface area contributed by atoms with Gasteiger partial charge >= 0.3 is 0 Å². The van der Waals surface area contributed by atoms with Gasteiger partial charge in [-0.15, -0.1) is 0 Å². The Morgan fingerprint density at radius 2 is 1.88 bits per heavy atom. The number of hydrogen-bond acceptors (Lipinski definition) is 6. The number of para-hydroxylation sites is 1. The van der Waals surface area contributed by atoms with Gasteiger partial charge in [-0.25, -0.2) is 9.97 Å². The summed E-state index contributed by atoms with van der Waals surface area (Å²) in [4.78, 5) is 9.20. The van der Waals surface area contributed by atoms with Crippen LogP contribution in [0.5, 0.6) is 11.5 Å². The Labute approximate surface area is 150 Å². The molecule has 0 fully saturated rings. The third-order valence-corrected chi connectivity index (χ3v) is 4.33. The van der Waals surface area contributed by atoms with Gasteiger partial charge in [0.15, 0.2) is 22.9 Å². The number of hydrogen-bond donors (Lipinski definition) is 3. The van der Waals surface area contributed by atoms with Crippen LogP contribution in [0.25, 0.3) is 22.1 Å². The molecule has 0 radical (unpaired) electrons. The summed E-state index contributed by atoms with van der Waals surface area (Å²) in [6.07, 6.45) is 1.40. The van der Waals surface area contributed by atoms with E-state index in [4.69, 9.17) is 4.42 Å². The number of aryl methyl sites for hydroxylation is 1. The van der Waals surface area contributed by atoms with Crippen LogP contribution in [0.4, 0.5) is 5.82 Å². The summed E-state index contributed by atoms with van der Waals surface area (Å²) < 4.78 is 5.96. The molecular weight excluding hydrogens is 330 g/mol. The second-order valence-corrected chi connectivity index (χ2v) is 6.12. The van der Waals surface area contributed by atoms with Crippen molar-refractivity contribution in [2.24, 2.45) is 0 Å². The fourth-order valence-corrected chi connectivity index (χ4v) is 2.96. The molecule has 132 valence electrons. The first kappa shape index (κ1) is 16.2. The van der Waals surface area contributed by atoms with Crippen molar-refractivity contribution in [1.82, 2.24) is 9.97 Å². The van der Waals surface area contributed by atoms with E-state index in [1.54, 1.807) is 12.1 Å². The maximum atomic E-state index is 9.60. The first-order valence-corrected chi connectivity index (χ1v) is 8.58. The van der Waals surface area contributed by atoms with E-state index in [1.807, 2.05) is 31.2 Å². The number of aromatic hydroxyl groups is 2. The highest BCUT2D eigenvalue weighted by Crippen LogP contribution is 2.31. The number of phenolic OH excluding ortho intramolecular Hbond substituents is 2. The topological polar surface area (TPSA) is 91.4 Å². The summed E-state index contributed by atoms with van der Waals surface area (Å²) in [5.74, 6) is 1.20. The van der Waals surface area contributed by atoms with Crippen LogP contribution >= 0.6 is 0 Å². The Morgan fingerprint density at radius 3 is 2.69 bits per heavy atom. The van der Waals surface area contributed by atoms with Gasteiger partial charge in [0.2, 0.25) is 0 Å². The lowest BCUT2D eigenvalue weighted by molar-refractivity contribution is 0.403. The first-order chi connectivity index (χ1) is 12.7. The molecule has 4 aromatic rings. The van der Waals surface area contributed by atoms with E-state index in [0.29, 0.717) is 24.4 Å². The number of rotatable bonds is 5. The minimum atomic E-state index is -0.117. The smallest absolute Gasteiger partial charge is 0.196 e. The highest BCUT2D eigenvalue weighted by molar-refractivity contribution is 6.05. The molecule has 0 atom stereocenters. The molecule has 0 saturated heterocycles. The Bertz CT molecular complexity index is 1090. The number of nitrogens with zero attached hydrogens (tertiary/aromatic N) is 2. The summed E-state index contributed by atoms with van der Waals surface area (Å²) >= 11 is 0. The van der Waals surface area contributed by atoms with Crippen LogP contribution < -0.4 is 5.32 Å². The molecule has 4 rings (SSSR count). The average Bonchev–Trinajstić information content (AvgIpc) is 3.03. The first-order valence-electron chi connectivity index (χ1n) is 8.58. The van der Waals surface area contributed by atoms with E-state index < -0.39 is 0 Å². The summed E-state index contributed by atoms with van der Waals surface area (Å²) in [5.41, 5.74) is 3.17. The van der Waals surface area contributed by atoms with Crippen molar-refractivity contribution in [3.63, 3.8) is 0 Å². The van der Waals surface area contributed by atoms with E-state index in [0.717, 1.165) is 34.3 Å². The normalized spacial score (nSPS) is 11.3. The van der Waals surface area contributed by atoms with E-state index in [2.05, 4.69) is 15.3 Å². The average molecular weight is 349 g/mol. The second kappa shape index (κ2) is 6.55.